The fourth-order valence-electron chi connectivity index (χ4n) is 1.79. The van der Waals surface area contributed by atoms with Gasteiger partial charge in [-0.05, 0) is 11.6 Å². The summed E-state index contributed by atoms with van der Waals surface area (Å²) in [6, 6.07) is 16.8. The highest BCUT2D eigenvalue weighted by atomic mass is 35.5. The molecule has 2 aromatic carbocycles. The molecular weight excluding hydrogens is 260 g/mol. The Balaban J connectivity index is 2.43. The molecule has 0 fully saturated rings. The third kappa shape index (κ3) is 3.24. The van der Waals surface area contributed by atoms with E-state index in [4.69, 9.17) is 16.3 Å². The van der Waals surface area contributed by atoms with Crippen LogP contribution in [0.4, 0.5) is 0 Å². The van der Waals surface area contributed by atoms with Gasteiger partial charge in [-0.25, -0.2) is 4.79 Å². The van der Waals surface area contributed by atoms with Crippen LogP contribution >= 0.6 is 11.6 Å². The maximum Gasteiger partial charge on any atom is 0.331 e. The van der Waals surface area contributed by atoms with Gasteiger partial charge in [-0.3, -0.25) is 0 Å². The molecule has 0 aliphatic rings. The highest BCUT2D eigenvalue weighted by Gasteiger charge is 2.19. The van der Waals surface area contributed by atoms with E-state index in [9.17, 15) is 4.79 Å². The Kier molecular flexibility index (Phi) is 4.37. The smallest absolute Gasteiger partial charge is 0.331 e. The zero-order valence-electron chi connectivity index (χ0n) is 10.3. The Bertz CT molecular complexity index is 578. The van der Waals surface area contributed by atoms with E-state index in [1.807, 2.05) is 48.5 Å². The molecule has 0 aromatic heterocycles. The summed E-state index contributed by atoms with van der Waals surface area (Å²) in [5, 5.41) is 0.563. The highest BCUT2D eigenvalue weighted by Crippen LogP contribution is 2.31. The van der Waals surface area contributed by atoms with Crippen LogP contribution in [0.5, 0.6) is 0 Å². The van der Waals surface area contributed by atoms with E-state index in [1.54, 1.807) is 6.07 Å². The Morgan fingerprint density at radius 3 is 2.37 bits per heavy atom. The Labute approximate surface area is 117 Å². The van der Waals surface area contributed by atoms with Crippen LogP contribution in [0.1, 0.15) is 17.2 Å². The van der Waals surface area contributed by atoms with Gasteiger partial charge in [0.2, 0.25) is 0 Å². The Morgan fingerprint density at radius 2 is 1.74 bits per heavy atom. The summed E-state index contributed by atoms with van der Waals surface area (Å²) in [5.74, 6) is -0.478. The van der Waals surface area contributed by atoms with Crippen LogP contribution in [-0.4, -0.2) is 5.97 Å². The van der Waals surface area contributed by atoms with Crippen LogP contribution in [0.15, 0.2) is 67.3 Å². The molecule has 0 bridgehead atoms. The van der Waals surface area contributed by atoms with Gasteiger partial charge in [0.25, 0.3) is 0 Å². The summed E-state index contributed by atoms with van der Waals surface area (Å²) < 4.78 is 5.41. The number of carbonyl (C=O) groups excluding carboxylic acids is 1. The molecule has 0 radical (unpaired) electrons. The predicted octanol–water partition coefficient (Wildman–Crippen LogP) is 4.16. The van der Waals surface area contributed by atoms with Gasteiger partial charge in [0, 0.05) is 16.7 Å². The van der Waals surface area contributed by atoms with Crippen molar-refractivity contribution < 1.29 is 9.53 Å². The van der Waals surface area contributed by atoms with Crippen LogP contribution < -0.4 is 0 Å². The fraction of sp³-hybridized carbons (Fsp3) is 0.0625. The molecule has 1 unspecified atom stereocenters. The van der Waals surface area contributed by atoms with Crippen molar-refractivity contribution in [1.29, 1.82) is 0 Å². The molecule has 96 valence electrons. The van der Waals surface area contributed by atoms with Crippen LogP contribution in [0.2, 0.25) is 5.02 Å². The number of hydrogen-bond acceptors (Lipinski definition) is 2. The summed E-state index contributed by atoms with van der Waals surface area (Å²) in [5.41, 5.74) is 1.62. The second-order valence-electron chi connectivity index (χ2n) is 3.95. The first-order valence-electron chi connectivity index (χ1n) is 5.85. The maximum atomic E-state index is 11.5. The molecule has 0 heterocycles. The third-order valence-corrected chi connectivity index (χ3v) is 3.03. The lowest BCUT2D eigenvalue weighted by molar-refractivity contribution is -0.141. The molecule has 0 saturated carbocycles. The van der Waals surface area contributed by atoms with E-state index in [0.29, 0.717) is 5.02 Å². The van der Waals surface area contributed by atoms with Gasteiger partial charge in [0.15, 0.2) is 6.10 Å². The summed E-state index contributed by atoms with van der Waals surface area (Å²) in [4.78, 5) is 11.5. The van der Waals surface area contributed by atoms with Crippen LogP contribution in [0, 0.1) is 0 Å². The summed E-state index contributed by atoms with van der Waals surface area (Å²) in [6.07, 6.45) is 0.618. The van der Waals surface area contributed by atoms with Crippen molar-refractivity contribution in [3.8, 4) is 0 Å². The minimum Gasteiger partial charge on any atom is -0.449 e. The fourth-order valence-corrected chi connectivity index (χ4v) is 2.03. The average molecular weight is 273 g/mol. The normalized spacial score (nSPS) is 11.6. The van der Waals surface area contributed by atoms with E-state index in [0.717, 1.165) is 17.2 Å². The van der Waals surface area contributed by atoms with Gasteiger partial charge in [0.05, 0.1) is 0 Å². The van der Waals surface area contributed by atoms with Gasteiger partial charge in [-0.1, -0.05) is 66.7 Å². The maximum absolute atomic E-state index is 11.5. The number of esters is 1. The molecule has 0 aliphatic heterocycles. The Hall–Kier alpha value is -2.06. The summed E-state index contributed by atoms with van der Waals surface area (Å²) >= 11 is 6.18. The number of rotatable bonds is 4. The quantitative estimate of drug-likeness (QED) is 0.617. The van der Waals surface area contributed by atoms with Crippen molar-refractivity contribution >= 4 is 17.6 Å². The van der Waals surface area contributed by atoms with Crippen molar-refractivity contribution in [1.82, 2.24) is 0 Å². The number of hydrogen-bond donors (Lipinski definition) is 0. The first-order chi connectivity index (χ1) is 9.22. The largest absolute Gasteiger partial charge is 0.449 e. The van der Waals surface area contributed by atoms with Crippen molar-refractivity contribution in [2.45, 2.75) is 6.10 Å². The van der Waals surface area contributed by atoms with Crippen LogP contribution in [0.25, 0.3) is 0 Å². The number of halogens is 1. The average Bonchev–Trinajstić information content (AvgIpc) is 2.46. The molecule has 0 spiro atoms. The highest BCUT2D eigenvalue weighted by molar-refractivity contribution is 6.31. The lowest BCUT2D eigenvalue weighted by Gasteiger charge is -2.19. The first-order valence-corrected chi connectivity index (χ1v) is 6.22. The molecule has 2 nitrogen and oxygen atoms in total. The van der Waals surface area contributed by atoms with E-state index in [2.05, 4.69) is 6.58 Å². The zero-order valence-corrected chi connectivity index (χ0v) is 11.0. The summed E-state index contributed by atoms with van der Waals surface area (Å²) in [7, 11) is 0. The molecule has 19 heavy (non-hydrogen) atoms. The summed E-state index contributed by atoms with van der Waals surface area (Å²) in [6.45, 7) is 3.42. The lowest BCUT2D eigenvalue weighted by Crippen LogP contribution is -2.11. The van der Waals surface area contributed by atoms with Gasteiger partial charge >= 0.3 is 5.97 Å². The van der Waals surface area contributed by atoms with Gasteiger partial charge in [0.1, 0.15) is 0 Å². The lowest BCUT2D eigenvalue weighted by atomic mass is 10.0. The van der Waals surface area contributed by atoms with E-state index in [1.165, 1.54) is 0 Å². The molecule has 0 N–H and O–H groups in total. The predicted molar refractivity (Wildman–Crippen MR) is 76.0 cm³/mol. The number of benzene rings is 2. The van der Waals surface area contributed by atoms with Crippen molar-refractivity contribution in [2.24, 2.45) is 0 Å². The second-order valence-corrected chi connectivity index (χ2v) is 4.36. The second kappa shape index (κ2) is 6.21. The van der Waals surface area contributed by atoms with Crippen LogP contribution in [0.3, 0.4) is 0 Å². The van der Waals surface area contributed by atoms with E-state index >= 15 is 0 Å². The van der Waals surface area contributed by atoms with Crippen molar-refractivity contribution in [2.75, 3.05) is 0 Å². The van der Waals surface area contributed by atoms with Crippen LogP contribution in [-0.2, 0) is 9.53 Å². The standard InChI is InChI=1S/C16H13ClO2/c1-2-15(18)19-16(12-8-4-3-5-9-12)13-10-6-7-11-14(13)17/h2-11,16H,1H2. The van der Waals surface area contributed by atoms with E-state index in [-0.39, 0.29) is 0 Å². The molecule has 3 heteroatoms. The number of carbonyl (C=O) groups is 1. The van der Waals surface area contributed by atoms with Gasteiger partial charge in [-0.2, -0.15) is 0 Å². The molecule has 2 rings (SSSR count). The van der Waals surface area contributed by atoms with Crippen molar-refractivity contribution in [3.05, 3.63) is 83.4 Å². The van der Waals surface area contributed by atoms with Crippen molar-refractivity contribution in [3.63, 3.8) is 0 Å². The molecule has 0 amide bonds. The first kappa shape index (κ1) is 13.4. The Morgan fingerprint density at radius 1 is 1.11 bits per heavy atom. The molecule has 1 atom stereocenters. The van der Waals surface area contributed by atoms with Gasteiger partial charge < -0.3 is 4.74 Å². The topological polar surface area (TPSA) is 26.3 Å². The molecule has 2 aromatic rings. The number of ether oxygens (including phenoxy) is 1. The minimum atomic E-state index is -0.527. The van der Waals surface area contributed by atoms with Gasteiger partial charge in [-0.15, -0.1) is 0 Å². The molecular formula is C16H13ClO2. The monoisotopic (exact) mass is 272 g/mol. The molecule has 0 saturated heterocycles. The molecule has 0 aliphatic carbocycles. The minimum absolute atomic E-state index is 0.478. The van der Waals surface area contributed by atoms with E-state index < -0.39 is 12.1 Å². The SMILES string of the molecule is C=CC(=O)OC(c1ccccc1)c1ccccc1Cl. The zero-order chi connectivity index (χ0) is 13.7. The third-order valence-electron chi connectivity index (χ3n) is 2.69.